The Bertz CT molecular complexity index is 90.2. The molecule has 0 aromatic heterocycles. The van der Waals surface area contributed by atoms with Crippen LogP contribution in [0.1, 0.15) is 26.7 Å². The van der Waals surface area contributed by atoms with E-state index >= 15 is 0 Å². The largest absolute Gasteiger partial charge is 0.396 e. The fraction of sp³-hybridized carbons (Fsp3) is 1.00. The minimum atomic E-state index is 0.287. The summed E-state index contributed by atoms with van der Waals surface area (Å²) in [5.41, 5.74) is 5.73. The van der Waals surface area contributed by atoms with Gasteiger partial charge in [-0.3, -0.25) is 0 Å². The van der Waals surface area contributed by atoms with Gasteiger partial charge in [0.1, 0.15) is 0 Å². The lowest BCUT2D eigenvalue weighted by Crippen LogP contribution is -2.22. The fourth-order valence-corrected chi connectivity index (χ4v) is 1.75. The third-order valence-electron chi connectivity index (χ3n) is 1.65. The second-order valence-electron chi connectivity index (χ2n) is 2.82. The quantitative estimate of drug-likeness (QED) is 0.641. The van der Waals surface area contributed by atoms with E-state index in [2.05, 4.69) is 13.8 Å². The lowest BCUT2D eigenvalue weighted by atomic mass is 10.3. The molecule has 3 N–H and O–H groups in total. The number of nitrogens with two attached hydrogens (primary N) is 1. The molecule has 2 atom stereocenters. The molecule has 0 radical (unpaired) electrons. The molecule has 68 valence electrons. The summed E-state index contributed by atoms with van der Waals surface area (Å²) in [6, 6.07) is 0.321. The highest BCUT2D eigenvalue weighted by molar-refractivity contribution is 7.99. The molecular formula is C8H19NOS. The van der Waals surface area contributed by atoms with Crippen LogP contribution in [0.3, 0.4) is 0 Å². The topological polar surface area (TPSA) is 46.2 Å². The summed E-state index contributed by atoms with van der Waals surface area (Å²) in [5.74, 6) is 1.01. The zero-order chi connectivity index (χ0) is 8.69. The summed E-state index contributed by atoms with van der Waals surface area (Å²) >= 11 is 1.85. The Morgan fingerprint density at radius 2 is 2.18 bits per heavy atom. The van der Waals surface area contributed by atoms with Crippen molar-refractivity contribution in [3.05, 3.63) is 0 Å². The molecule has 0 bridgehead atoms. The van der Waals surface area contributed by atoms with Crippen LogP contribution in [0.25, 0.3) is 0 Å². The van der Waals surface area contributed by atoms with Gasteiger partial charge in [0, 0.05) is 23.7 Å². The van der Waals surface area contributed by atoms with Crippen LogP contribution in [-0.4, -0.2) is 28.8 Å². The normalized spacial score (nSPS) is 16.4. The first-order valence-electron chi connectivity index (χ1n) is 4.18. The summed E-state index contributed by atoms with van der Waals surface area (Å²) in [6.07, 6.45) is 1.92. The third-order valence-corrected chi connectivity index (χ3v) is 3.08. The highest BCUT2D eigenvalue weighted by Gasteiger charge is 2.04. The minimum Gasteiger partial charge on any atom is -0.396 e. The molecule has 0 fully saturated rings. The summed E-state index contributed by atoms with van der Waals surface area (Å²) in [5, 5.41) is 9.15. The summed E-state index contributed by atoms with van der Waals surface area (Å²) in [6.45, 7) is 4.51. The monoisotopic (exact) mass is 177 g/mol. The van der Waals surface area contributed by atoms with Crippen LogP contribution in [0.5, 0.6) is 0 Å². The van der Waals surface area contributed by atoms with Crippen LogP contribution in [-0.2, 0) is 0 Å². The van der Waals surface area contributed by atoms with Gasteiger partial charge in [-0.15, -0.1) is 0 Å². The Balaban J connectivity index is 3.22. The molecule has 0 aliphatic carbocycles. The molecular weight excluding hydrogens is 158 g/mol. The molecule has 0 saturated heterocycles. The molecule has 0 rings (SSSR count). The van der Waals surface area contributed by atoms with E-state index in [4.69, 9.17) is 10.8 Å². The summed E-state index contributed by atoms with van der Waals surface area (Å²) in [4.78, 5) is 0. The molecule has 0 aromatic rings. The number of aliphatic hydroxyl groups excluding tert-OH is 1. The van der Waals surface area contributed by atoms with E-state index in [1.54, 1.807) is 0 Å². The molecule has 0 aliphatic heterocycles. The van der Waals surface area contributed by atoms with E-state index in [9.17, 15) is 0 Å². The van der Waals surface area contributed by atoms with Gasteiger partial charge in [-0.1, -0.05) is 13.8 Å². The molecule has 11 heavy (non-hydrogen) atoms. The average molecular weight is 177 g/mol. The number of hydrogen-bond acceptors (Lipinski definition) is 3. The van der Waals surface area contributed by atoms with Crippen LogP contribution in [0.4, 0.5) is 0 Å². The average Bonchev–Trinajstić information content (AvgIpc) is 2.01. The van der Waals surface area contributed by atoms with Gasteiger partial charge < -0.3 is 10.8 Å². The Kier molecular flexibility index (Phi) is 7.12. The van der Waals surface area contributed by atoms with E-state index in [-0.39, 0.29) is 6.61 Å². The number of hydrogen-bond donors (Lipinski definition) is 2. The van der Waals surface area contributed by atoms with Gasteiger partial charge in [0.2, 0.25) is 0 Å². The highest BCUT2D eigenvalue weighted by atomic mass is 32.2. The van der Waals surface area contributed by atoms with Crippen molar-refractivity contribution in [2.24, 2.45) is 5.73 Å². The smallest absolute Gasteiger partial charge is 0.0441 e. The minimum absolute atomic E-state index is 0.287. The van der Waals surface area contributed by atoms with Crippen LogP contribution < -0.4 is 5.73 Å². The van der Waals surface area contributed by atoms with Crippen molar-refractivity contribution in [3.63, 3.8) is 0 Å². The van der Waals surface area contributed by atoms with Crippen LogP contribution in [0.15, 0.2) is 0 Å². The van der Waals surface area contributed by atoms with Crippen molar-refractivity contribution >= 4 is 11.8 Å². The van der Waals surface area contributed by atoms with E-state index in [0.29, 0.717) is 11.3 Å². The fourth-order valence-electron chi connectivity index (χ4n) is 0.671. The molecule has 0 spiro atoms. The van der Waals surface area contributed by atoms with Crippen molar-refractivity contribution < 1.29 is 5.11 Å². The molecule has 0 aromatic carbocycles. The predicted molar refractivity (Wildman–Crippen MR) is 51.9 cm³/mol. The number of aliphatic hydroxyl groups is 1. The van der Waals surface area contributed by atoms with E-state index < -0.39 is 0 Å². The van der Waals surface area contributed by atoms with E-state index in [0.717, 1.165) is 18.6 Å². The lowest BCUT2D eigenvalue weighted by Gasteiger charge is -2.12. The Morgan fingerprint density at radius 3 is 2.64 bits per heavy atom. The predicted octanol–water partition coefficient (Wildman–Crippen LogP) is 1.23. The molecule has 0 aliphatic rings. The maximum Gasteiger partial charge on any atom is 0.0441 e. The first kappa shape index (κ1) is 11.3. The van der Waals surface area contributed by atoms with Crippen LogP contribution in [0, 0.1) is 0 Å². The number of thioether (sulfide) groups is 1. The zero-order valence-corrected chi connectivity index (χ0v) is 8.23. The van der Waals surface area contributed by atoms with Crippen molar-refractivity contribution in [2.75, 3.05) is 12.4 Å². The standard InChI is InChI=1S/C8H19NOS/c1-3-8(9)6-11-7(2)4-5-10/h7-8,10H,3-6,9H2,1-2H3. The van der Waals surface area contributed by atoms with Crippen molar-refractivity contribution in [1.82, 2.24) is 0 Å². The third kappa shape index (κ3) is 6.66. The van der Waals surface area contributed by atoms with Crippen LogP contribution in [0.2, 0.25) is 0 Å². The first-order valence-corrected chi connectivity index (χ1v) is 5.23. The molecule has 2 unspecified atom stereocenters. The SMILES string of the molecule is CCC(N)CSC(C)CCO. The van der Waals surface area contributed by atoms with Gasteiger partial charge in [0.15, 0.2) is 0 Å². The van der Waals surface area contributed by atoms with Crippen LogP contribution >= 0.6 is 11.8 Å². The van der Waals surface area contributed by atoms with Gasteiger partial charge in [-0.2, -0.15) is 11.8 Å². The van der Waals surface area contributed by atoms with E-state index in [1.807, 2.05) is 11.8 Å². The summed E-state index contributed by atoms with van der Waals surface area (Å²) in [7, 11) is 0. The Labute approximate surface area is 73.6 Å². The number of rotatable bonds is 6. The molecule has 2 nitrogen and oxygen atoms in total. The van der Waals surface area contributed by atoms with Crippen molar-refractivity contribution in [3.8, 4) is 0 Å². The highest BCUT2D eigenvalue weighted by Crippen LogP contribution is 2.14. The van der Waals surface area contributed by atoms with Gasteiger partial charge in [0.05, 0.1) is 0 Å². The molecule has 3 heteroatoms. The maximum atomic E-state index is 8.61. The Hall–Kier alpha value is 0.270. The van der Waals surface area contributed by atoms with Gasteiger partial charge >= 0.3 is 0 Å². The van der Waals surface area contributed by atoms with Gasteiger partial charge in [-0.05, 0) is 12.8 Å². The maximum absolute atomic E-state index is 8.61. The summed E-state index contributed by atoms with van der Waals surface area (Å²) < 4.78 is 0. The zero-order valence-electron chi connectivity index (χ0n) is 7.42. The Morgan fingerprint density at radius 1 is 1.55 bits per heavy atom. The second kappa shape index (κ2) is 6.95. The first-order chi connectivity index (χ1) is 5.20. The van der Waals surface area contributed by atoms with Crippen molar-refractivity contribution in [1.29, 1.82) is 0 Å². The van der Waals surface area contributed by atoms with Gasteiger partial charge in [-0.25, -0.2) is 0 Å². The molecule has 0 saturated carbocycles. The molecule has 0 amide bonds. The second-order valence-corrected chi connectivity index (χ2v) is 4.30. The van der Waals surface area contributed by atoms with E-state index in [1.165, 1.54) is 0 Å². The lowest BCUT2D eigenvalue weighted by molar-refractivity contribution is 0.289. The van der Waals surface area contributed by atoms with Crippen molar-refractivity contribution in [2.45, 2.75) is 38.0 Å². The van der Waals surface area contributed by atoms with Gasteiger partial charge in [0.25, 0.3) is 0 Å². The molecule has 0 heterocycles.